The Morgan fingerprint density at radius 1 is 1.17 bits per heavy atom. The lowest BCUT2D eigenvalue weighted by Gasteiger charge is -2.04. The van der Waals surface area contributed by atoms with E-state index >= 15 is 0 Å². The summed E-state index contributed by atoms with van der Waals surface area (Å²) in [4.78, 5) is 8.65. The SMILES string of the molecule is CCCc1cc(Cl)nc(Cc2ccc(F)cc2)n1. The van der Waals surface area contributed by atoms with Crippen molar-refractivity contribution in [3.63, 3.8) is 0 Å². The zero-order valence-corrected chi connectivity index (χ0v) is 10.9. The fraction of sp³-hybridized carbons (Fsp3) is 0.286. The molecule has 2 rings (SSSR count). The second-order valence-corrected chi connectivity index (χ2v) is 4.54. The molecule has 0 atom stereocenters. The first-order valence-corrected chi connectivity index (χ1v) is 6.32. The van der Waals surface area contributed by atoms with Crippen molar-refractivity contribution in [3.8, 4) is 0 Å². The van der Waals surface area contributed by atoms with Crippen molar-refractivity contribution < 1.29 is 4.39 Å². The Morgan fingerprint density at radius 3 is 2.56 bits per heavy atom. The van der Waals surface area contributed by atoms with Crippen molar-refractivity contribution in [1.29, 1.82) is 0 Å². The zero-order chi connectivity index (χ0) is 13.0. The molecule has 0 radical (unpaired) electrons. The summed E-state index contributed by atoms with van der Waals surface area (Å²) < 4.78 is 12.8. The number of hydrogen-bond donors (Lipinski definition) is 0. The van der Waals surface area contributed by atoms with Crippen LogP contribution in [0.5, 0.6) is 0 Å². The van der Waals surface area contributed by atoms with Crippen LogP contribution in [0.15, 0.2) is 30.3 Å². The summed E-state index contributed by atoms with van der Waals surface area (Å²) in [5.74, 6) is 0.440. The minimum absolute atomic E-state index is 0.238. The molecule has 18 heavy (non-hydrogen) atoms. The van der Waals surface area contributed by atoms with Gasteiger partial charge in [-0.05, 0) is 30.2 Å². The van der Waals surface area contributed by atoms with Crippen molar-refractivity contribution in [3.05, 3.63) is 58.4 Å². The van der Waals surface area contributed by atoms with Gasteiger partial charge >= 0.3 is 0 Å². The van der Waals surface area contributed by atoms with Crippen LogP contribution in [0.25, 0.3) is 0 Å². The smallest absolute Gasteiger partial charge is 0.134 e. The van der Waals surface area contributed by atoms with Gasteiger partial charge in [-0.3, -0.25) is 0 Å². The first-order chi connectivity index (χ1) is 8.67. The number of nitrogens with zero attached hydrogens (tertiary/aromatic N) is 2. The highest BCUT2D eigenvalue weighted by atomic mass is 35.5. The van der Waals surface area contributed by atoms with Gasteiger partial charge in [0, 0.05) is 12.1 Å². The van der Waals surface area contributed by atoms with E-state index in [-0.39, 0.29) is 5.82 Å². The predicted octanol–water partition coefficient (Wildman–Crippen LogP) is 3.81. The quantitative estimate of drug-likeness (QED) is 0.785. The Morgan fingerprint density at radius 2 is 1.89 bits per heavy atom. The fourth-order valence-corrected chi connectivity index (χ4v) is 1.99. The van der Waals surface area contributed by atoms with Crippen molar-refractivity contribution in [1.82, 2.24) is 9.97 Å². The van der Waals surface area contributed by atoms with Crippen molar-refractivity contribution >= 4 is 11.6 Å². The number of halogens is 2. The van der Waals surface area contributed by atoms with E-state index in [1.165, 1.54) is 12.1 Å². The molecule has 0 unspecified atom stereocenters. The monoisotopic (exact) mass is 264 g/mol. The van der Waals surface area contributed by atoms with Crippen molar-refractivity contribution in [2.24, 2.45) is 0 Å². The molecule has 0 spiro atoms. The van der Waals surface area contributed by atoms with E-state index in [0.29, 0.717) is 17.4 Å². The van der Waals surface area contributed by atoms with Gasteiger partial charge in [0.15, 0.2) is 0 Å². The second-order valence-electron chi connectivity index (χ2n) is 4.15. The highest BCUT2D eigenvalue weighted by molar-refractivity contribution is 6.29. The molecule has 1 aromatic heterocycles. The number of aryl methyl sites for hydroxylation is 1. The third kappa shape index (κ3) is 3.50. The topological polar surface area (TPSA) is 25.8 Å². The average Bonchev–Trinajstić information content (AvgIpc) is 2.32. The van der Waals surface area contributed by atoms with Gasteiger partial charge in [-0.15, -0.1) is 0 Å². The molecule has 94 valence electrons. The molecule has 0 amide bonds. The molecule has 0 N–H and O–H groups in total. The predicted molar refractivity (Wildman–Crippen MR) is 70.2 cm³/mol. The van der Waals surface area contributed by atoms with E-state index in [0.717, 1.165) is 24.1 Å². The van der Waals surface area contributed by atoms with Crippen LogP contribution in [-0.4, -0.2) is 9.97 Å². The van der Waals surface area contributed by atoms with E-state index < -0.39 is 0 Å². The first-order valence-electron chi connectivity index (χ1n) is 5.94. The maximum absolute atomic E-state index is 12.8. The lowest BCUT2D eigenvalue weighted by Crippen LogP contribution is -2.01. The van der Waals surface area contributed by atoms with Crippen molar-refractivity contribution in [2.45, 2.75) is 26.2 Å². The van der Waals surface area contributed by atoms with Gasteiger partial charge in [-0.2, -0.15) is 0 Å². The average molecular weight is 265 g/mol. The van der Waals surface area contributed by atoms with Crippen LogP contribution in [-0.2, 0) is 12.8 Å². The van der Waals surface area contributed by atoms with Crippen LogP contribution in [0.4, 0.5) is 4.39 Å². The molecule has 2 nitrogen and oxygen atoms in total. The molecular weight excluding hydrogens is 251 g/mol. The van der Waals surface area contributed by atoms with Crippen molar-refractivity contribution in [2.75, 3.05) is 0 Å². The fourth-order valence-electron chi connectivity index (χ4n) is 1.76. The van der Waals surface area contributed by atoms with Gasteiger partial charge in [0.05, 0.1) is 0 Å². The van der Waals surface area contributed by atoms with E-state index in [1.54, 1.807) is 18.2 Å². The number of hydrogen-bond acceptors (Lipinski definition) is 2. The molecule has 0 fully saturated rings. The Hall–Kier alpha value is -1.48. The summed E-state index contributed by atoms with van der Waals surface area (Å²) in [7, 11) is 0. The van der Waals surface area contributed by atoms with Crippen LogP contribution in [0.1, 0.15) is 30.4 Å². The number of rotatable bonds is 4. The van der Waals surface area contributed by atoms with Gasteiger partial charge < -0.3 is 0 Å². The summed E-state index contributed by atoms with van der Waals surface area (Å²) >= 11 is 5.97. The van der Waals surface area contributed by atoms with Crippen LogP contribution in [0.2, 0.25) is 5.15 Å². The standard InChI is InChI=1S/C14H14ClFN2/c1-2-3-12-9-13(15)18-14(17-12)8-10-4-6-11(16)7-5-10/h4-7,9H,2-3,8H2,1H3. The van der Waals surface area contributed by atoms with Crippen LogP contribution >= 0.6 is 11.6 Å². The third-order valence-electron chi connectivity index (χ3n) is 2.58. The molecule has 2 aromatic rings. The molecule has 1 aromatic carbocycles. The molecular formula is C14H14ClFN2. The maximum Gasteiger partial charge on any atom is 0.134 e. The van der Waals surface area contributed by atoms with Gasteiger partial charge in [0.2, 0.25) is 0 Å². The van der Waals surface area contributed by atoms with Crippen LogP contribution in [0.3, 0.4) is 0 Å². The largest absolute Gasteiger partial charge is 0.237 e. The molecule has 0 saturated carbocycles. The van der Waals surface area contributed by atoms with E-state index in [1.807, 2.05) is 0 Å². The lowest BCUT2D eigenvalue weighted by molar-refractivity contribution is 0.627. The van der Waals surface area contributed by atoms with Gasteiger partial charge in [-0.1, -0.05) is 37.1 Å². The van der Waals surface area contributed by atoms with Crippen LogP contribution < -0.4 is 0 Å². The summed E-state index contributed by atoms with van der Waals surface area (Å²) in [5.41, 5.74) is 1.93. The highest BCUT2D eigenvalue weighted by Crippen LogP contribution is 2.12. The van der Waals surface area contributed by atoms with Gasteiger partial charge in [-0.25, -0.2) is 14.4 Å². The summed E-state index contributed by atoms with van der Waals surface area (Å²) in [5, 5.41) is 0.463. The van der Waals surface area contributed by atoms with E-state index in [4.69, 9.17) is 11.6 Å². The summed E-state index contributed by atoms with van der Waals surface area (Å²) in [6, 6.07) is 8.14. The molecule has 0 aliphatic carbocycles. The van der Waals surface area contributed by atoms with Crippen LogP contribution in [0, 0.1) is 5.82 Å². The zero-order valence-electron chi connectivity index (χ0n) is 10.2. The minimum atomic E-state index is -0.238. The third-order valence-corrected chi connectivity index (χ3v) is 2.77. The molecule has 0 aliphatic heterocycles. The Kier molecular flexibility index (Phi) is 4.26. The van der Waals surface area contributed by atoms with E-state index in [9.17, 15) is 4.39 Å². The number of aromatic nitrogens is 2. The Balaban J connectivity index is 2.20. The maximum atomic E-state index is 12.8. The number of benzene rings is 1. The second kappa shape index (κ2) is 5.91. The minimum Gasteiger partial charge on any atom is -0.237 e. The van der Waals surface area contributed by atoms with Gasteiger partial charge in [0.25, 0.3) is 0 Å². The Labute approximate surface area is 111 Å². The molecule has 0 aliphatic rings. The first kappa shape index (κ1) is 13.0. The summed E-state index contributed by atoms with van der Waals surface area (Å²) in [6.07, 6.45) is 2.47. The molecule has 0 saturated heterocycles. The Bertz CT molecular complexity index is 526. The highest BCUT2D eigenvalue weighted by Gasteiger charge is 2.04. The van der Waals surface area contributed by atoms with Gasteiger partial charge in [0.1, 0.15) is 16.8 Å². The summed E-state index contributed by atoms with van der Waals surface area (Å²) in [6.45, 7) is 2.09. The molecule has 0 bridgehead atoms. The van der Waals surface area contributed by atoms with E-state index in [2.05, 4.69) is 16.9 Å². The normalized spacial score (nSPS) is 10.6. The lowest BCUT2D eigenvalue weighted by atomic mass is 10.1. The molecule has 1 heterocycles. The molecule has 4 heteroatoms.